The second-order valence-corrected chi connectivity index (χ2v) is 4.35. The minimum atomic E-state index is 0.652. The van der Waals surface area contributed by atoms with E-state index in [9.17, 15) is 0 Å². The first-order valence-electron chi connectivity index (χ1n) is 5.36. The molecule has 1 heterocycles. The lowest BCUT2D eigenvalue weighted by molar-refractivity contribution is 0.697. The Bertz CT molecular complexity index is 394. The molecule has 0 radical (unpaired) electrons. The van der Waals surface area contributed by atoms with Crippen molar-refractivity contribution in [1.82, 2.24) is 5.32 Å². The third-order valence-corrected chi connectivity index (χ3v) is 3.44. The lowest BCUT2D eigenvalue weighted by Gasteiger charge is -2.08. The fourth-order valence-electron chi connectivity index (χ4n) is 2.47. The molecule has 2 unspecified atom stereocenters. The van der Waals surface area contributed by atoms with Crippen LogP contribution in [-0.2, 0) is 0 Å². The second kappa shape index (κ2) is 3.25. The average molecular weight is 199 g/mol. The molecule has 76 valence electrons. The number of piperidine rings is 1. The number of nitriles is 1. The van der Waals surface area contributed by atoms with E-state index in [1.54, 1.807) is 0 Å². The SMILES string of the molecule is N#Cc1ccc(NC2C3CNCC32)cc1. The first kappa shape index (κ1) is 8.75. The van der Waals surface area contributed by atoms with Crippen LogP contribution in [0.15, 0.2) is 24.3 Å². The van der Waals surface area contributed by atoms with Gasteiger partial charge in [-0.05, 0) is 36.1 Å². The first-order chi connectivity index (χ1) is 7.38. The summed E-state index contributed by atoms with van der Waals surface area (Å²) in [5, 5.41) is 15.6. The van der Waals surface area contributed by atoms with Crippen molar-refractivity contribution >= 4 is 5.69 Å². The van der Waals surface area contributed by atoms with Crippen molar-refractivity contribution in [2.75, 3.05) is 18.4 Å². The van der Waals surface area contributed by atoms with Crippen LogP contribution < -0.4 is 10.6 Å². The van der Waals surface area contributed by atoms with E-state index in [1.807, 2.05) is 24.3 Å². The summed E-state index contributed by atoms with van der Waals surface area (Å²) in [5.41, 5.74) is 1.85. The van der Waals surface area contributed by atoms with E-state index in [1.165, 1.54) is 0 Å². The molecule has 1 aliphatic carbocycles. The molecule has 2 atom stereocenters. The molecule has 1 aromatic rings. The van der Waals surface area contributed by atoms with Crippen LogP contribution in [0.4, 0.5) is 5.69 Å². The number of hydrogen-bond acceptors (Lipinski definition) is 3. The third kappa shape index (κ3) is 1.47. The van der Waals surface area contributed by atoms with Gasteiger partial charge in [0.15, 0.2) is 0 Å². The maximum Gasteiger partial charge on any atom is 0.0991 e. The van der Waals surface area contributed by atoms with Gasteiger partial charge < -0.3 is 10.6 Å². The molecule has 2 aliphatic rings. The Balaban J connectivity index is 1.66. The molecule has 3 heteroatoms. The van der Waals surface area contributed by atoms with Gasteiger partial charge in [0.25, 0.3) is 0 Å². The zero-order valence-corrected chi connectivity index (χ0v) is 8.40. The monoisotopic (exact) mass is 199 g/mol. The molecule has 2 N–H and O–H groups in total. The van der Waals surface area contributed by atoms with Crippen LogP contribution in [0.2, 0.25) is 0 Å². The Kier molecular flexibility index (Phi) is 1.90. The van der Waals surface area contributed by atoms with Crippen LogP contribution in [0, 0.1) is 23.2 Å². The quantitative estimate of drug-likeness (QED) is 0.752. The number of nitrogens with one attached hydrogen (secondary N) is 2. The highest BCUT2D eigenvalue weighted by atomic mass is 15.1. The molecule has 1 saturated carbocycles. The summed E-state index contributed by atoms with van der Waals surface area (Å²) in [6.07, 6.45) is 0. The topological polar surface area (TPSA) is 47.9 Å². The number of benzene rings is 1. The normalized spacial score (nSPS) is 31.8. The van der Waals surface area contributed by atoms with Gasteiger partial charge in [0.05, 0.1) is 11.6 Å². The zero-order valence-electron chi connectivity index (χ0n) is 8.40. The van der Waals surface area contributed by atoms with Crippen LogP contribution >= 0.6 is 0 Å². The van der Waals surface area contributed by atoms with E-state index in [2.05, 4.69) is 16.7 Å². The van der Waals surface area contributed by atoms with Crippen molar-refractivity contribution < 1.29 is 0 Å². The Morgan fingerprint density at radius 3 is 2.47 bits per heavy atom. The van der Waals surface area contributed by atoms with Crippen molar-refractivity contribution in [3.8, 4) is 6.07 Å². The van der Waals surface area contributed by atoms with Gasteiger partial charge >= 0.3 is 0 Å². The molecular weight excluding hydrogens is 186 g/mol. The van der Waals surface area contributed by atoms with Gasteiger partial charge in [0.1, 0.15) is 0 Å². The number of anilines is 1. The van der Waals surface area contributed by atoms with Gasteiger partial charge in [0.2, 0.25) is 0 Å². The van der Waals surface area contributed by atoms with E-state index in [0.29, 0.717) is 6.04 Å². The number of rotatable bonds is 2. The van der Waals surface area contributed by atoms with E-state index in [4.69, 9.17) is 5.26 Å². The third-order valence-electron chi connectivity index (χ3n) is 3.44. The van der Waals surface area contributed by atoms with Gasteiger partial charge in [-0.3, -0.25) is 0 Å². The molecule has 1 saturated heterocycles. The Labute approximate surface area is 89.1 Å². The summed E-state index contributed by atoms with van der Waals surface area (Å²) >= 11 is 0. The van der Waals surface area contributed by atoms with Crippen molar-refractivity contribution in [3.05, 3.63) is 29.8 Å². The molecule has 0 amide bonds. The largest absolute Gasteiger partial charge is 0.382 e. The summed E-state index contributed by atoms with van der Waals surface area (Å²) < 4.78 is 0. The second-order valence-electron chi connectivity index (χ2n) is 4.35. The molecule has 1 aliphatic heterocycles. The Hall–Kier alpha value is -1.53. The summed E-state index contributed by atoms with van der Waals surface area (Å²) in [7, 11) is 0. The molecule has 3 rings (SSSR count). The zero-order chi connectivity index (χ0) is 10.3. The molecule has 0 aromatic heterocycles. The standard InChI is InChI=1S/C12H13N3/c13-5-8-1-3-9(4-2-8)15-12-10-6-14-7-11(10)12/h1-4,10-12,14-15H,6-7H2. The van der Waals surface area contributed by atoms with Crippen molar-refractivity contribution in [2.24, 2.45) is 11.8 Å². The maximum atomic E-state index is 8.68. The smallest absolute Gasteiger partial charge is 0.0991 e. The Morgan fingerprint density at radius 1 is 1.20 bits per heavy atom. The fraction of sp³-hybridized carbons (Fsp3) is 0.417. The van der Waals surface area contributed by atoms with Gasteiger partial charge in [-0.2, -0.15) is 5.26 Å². The summed E-state index contributed by atoms with van der Waals surface area (Å²) in [6.45, 7) is 2.30. The summed E-state index contributed by atoms with van der Waals surface area (Å²) in [5.74, 6) is 1.64. The highest BCUT2D eigenvalue weighted by Crippen LogP contribution is 2.43. The van der Waals surface area contributed by atoms with Crippen molar-refractivity contribution in [2.45, 2.75) is 6.04 Å². The van der Waals surface area contributed by atoms with E-state index in [-0.39, 0.29) is 0 Å². The van der Waals surface area contributed by atoms with Crippen LogP contribution in [-0.4, -0.2) is 19.1 Å². The molecule has 1 aromatic carbocycles. The predicted molar refractivity (Wildman–Crippen MR) is 58.4 cm³/mol. The van der Waals surface area contributed by atoms with Gasteiger partial charge in [-0.25, -0.2) is 0 Å². The van der Waals surface area contributed by atoms with Crippen molar-refractivity contribution in [1.29, 1.82) is 5.26 Å². The maximum absolute atomic E-state index is 8.68. The molecule has 3 nitrogen and oxygen atoms in total. The van der Waals surface area contributed by atoms with Crippen LogP contribution in [0.5, 0.6) is 0 Å². The molecule has 0 bridgehead atoms. The fourth-order valence-corrected chi connectivity index (χ4v) is 2.47. The molecule has 0 spiro atoms. The van der Waals surface area contributed by atoms with Gasteiger partial charge in [0, 0.05) is 24.8 Å². The van der Waals surface area contributed by atoms with E-state index >= 15 is 0 Å². The van der Waals surface area contributed by atoms with Crippen LogP contribution in [0.3, 0.4) is 0 Å². The highest BCUT2D eigenvalue weighted by molar-refractivity contribution is 5.49. The Morgan fingerprint density at radius 2 is 1.87 bits per heavy atom. The lowest BCUT2D eigenvalue weighted by atomic mass is 10.2. The number of fused-ring (bicyclic) bond motifs is 1. The number of nitrogens with zero attached hydrogens (tertiary/aromatic N) is 1. The molecule has 15 heavy (non-hydrogen) atoms. The number of hydrogen-bond donors (Lipinski definition) is 2. The van der Waals surface area contributed by atoms with Gasteiger partial charge in [-0.1, -0.05) is 0 Å². The first-order valence-corrected chi connectivity index (χ1v) is 5.36. The van der Waals surface area contributed by atoms with Crippen molar-refractivity contribution in [3.63, 3.8) is 0 Å². The predicted octanol–water partition coefficient (Wildman–Crippen LogP) is 1.19. The van der Waals surface area contributed by atoms with Crippen LogP contribution in [0.1, 0.15) is 5.56 Å². The minimum Gasteiger partial charge on any atom is -0.382 e. The van der Waals surface area contributed by atoms with E-state index < -0.39 is 0 Å². The molecule has 2 fully saturated rings. The van der Waals surface area contributed by atoms with Crippen LogP contribution in [0.25, 0.3) is 0 Å². The summed E-state index contributed by atoms with van der Waals surface area (Å²) in [6, 6.07) is 10.5. The van der Waals surface area contributed by atoms with Gasteiger partial charge in [-0.15, -0.1) is 0 Å². The highest BCUT2D eigenvalue weighted by Gasteiger charge is 2.52. The van der Waals surface area contributed by atoms with E-state index in [0.717, 1.165) is 36.2 Å². The minimum absolute atomic E-state index is 0.652. The summed E-state index contributed by atoms with van der Waals surface area (Å²) in [4.78, 5) is 0. The average Bonchev–Trinajstić information content (AvgIpc) is 2.75. The molecular formula is C12H13N3. The lowest BCUT2D eigenvalue weighted by Crippen LogP contribution is -2.21.